The van der Waals surface area contributed by atoms with E-state index < -0.39 is 17.4 Å². The Kier molecular flexibility index (Phi) is 2.88. The third-order valence-electron chi connectivity index (χ3n) is 3.60. The number of benzene rings is 1. The van der Waals surface area contributed by atoms with Crippen LogP contribution < -0.4 is 0 Å². The maximum absolute atomic E-state index is 11.2. The molecular weight excluding hydrogens is 220 g/mol. The summed E-state index contributed by atoms with van der Waals surface area (Å²) in [6, 6.07) is 9.50. The van der Waals surface area contributed by atoms with E-state index in [2.05, 4.69) is 0 Å². The average molecular weight is 234 g/mol. The highest BCUT2D eigenvalue weighted by atomic mass is 16.4. The molecule has 4 nitrogen and oxygen atoms in total. The zero-order valence-corrected chi connectivity index (χ0v) is 9.30. The minimum atomic E-state index is -1.60. The van der Waals surface area contributed by atoms with Crippen molar-refractivity contribution in [2.24, 2.45) is 5.41 Å². The van der Waals surface area contributed by atoms with E-state index in [0.717, 1.165) is 5.56 Å². The number of aliphatic carboxylic acids is 2. The van der Waals surface area contributed by atoms with Crippen LogP contribution in [-0.4, -0.2) is 22.2 Å². The molecule has 1 fully saturated rings. The van der Waals surface area contributed by atoms with Crippen LogP contribution in [0.3, 0.4) is 0 Å². The van der Waals surface area contributed by atoms with Crippen LogP contribution in [0.15, 0.2) is 30.3 Å². The van der Waals surface area contributed by atoms with Gasteiger partial charge in [-0.3, -0.25) is 9.59 Å². The van der Waals surface area contributed by atoms with Crippen LogP contribution in [0, 0.1) is 5.41 Å². The Balaban J connectivity index is 2.24. The highest BCUT2D eigenvalue weighted by Crippen LogP contribution is 2.47. The molecule has 0 radical (unpaired) electrons. The van der Waals surface area contributed by atoms with Gasteiger partial charge in [-0.15, -0.1) is 0 Å². The van der Waals surface area contributed by atoms with E-state index in [4.69, 9.17) is 10.2 Å². The normalized spacial score (nSPS) is 22.2. The molecule has 4 heteroatoms. The van der Waals surface area contributed by atoms with Crippen molar-refractivity contribution in [2.45, 2.75) is 25.2 Å². The van der Waals surface area contributed by atoms with Crippen LogP contribution in [0.2, 0.25) is 0 Å². The summed E-state index contributed by atoms with van der Waals surface area (Å²) in [6.07, 6.45) is 1.00. The molecule has 0 bridgehead atoms. The Morgan fingerprint density at radius 3 is 2.18 bits per heavy atom. The minimum absolute atomic E-state index is 0.0309. The fraction of sp³-hybridized carbons (Fsp3) is 0.385. The van der Waals surface area contributed by atoms with Crippen LogP contribution in [0.4, 0.5) is 0 Å². The number of hydrogen-bond acceptors (Lipinski definition) is 2. The standard InChI is InChI=1S/C13H14O4/c14-11(15)13(12(16)17)7-6-10(8-13)9-4-2-1-3-5-9/h1-5,10H,6-8H2,(H,14,15)(H,16,17)/t10-/m1/s1. The topological polar surface area (TPSA) is 74.6 Å². The molecule has 2 rings (SSSR count). The number of carbonyl (C=O) groups is 2. The van der Waals surface area contributed by atoms with Crippen LogP contribution in [-0.2, 0) is 9.59 Å². The predicted molar refractivity (Wildman–Crippen MR) is 60.7 cm³/mol. The molecule has 1 aliphatic rings. The SMILES string of the molecule is O=C(O)C1(C(=O)O)CC[C@@H](c2ccccc2)C1. The van der Waals surface area contributed by atoms with Crippen molar-refractivity contribution >= 4 is 11.9 Å². The fourth-order valence-electron chi connectivity index (χ4n) is 2.54. The molecule has 1 aromatic carbocycles. The Labute approximate surface area is 98.9 Å². The van der Waals surface area contributed by atoms with Gasteiger partial charge < -0.3 is 10.2 Å². The zero-order valence-electron chi connectivity index (χ0n) is 9.30. The molecule has 0 aliphatic heterocycles. The van der Waals surface area contributed by atoms with E-state index in [1.807, 2.05) is 30.3 Å². The molecule has 1 aromatic rings. The molecule has 0 aromatic heterocycles. The maximum Gasteiger partial charge on any atom is 0.321 e. The first-order chi connectivity index (χ1) is 8.06. The lowest BCUT2D eigenvalue weighted by molar-refractivity contribution is -0.164. The van der Waals surface area contributed by atoms with E-state index in [1.165, 1.54) is 0 Å². The lowest BCUT2D eigenvalue weighted by atomic mass is 9.84. The first kappa shape index (κ1) is 11.6. The molecule has 17 heavy (non-hydrogen) atoms. The second-order valence-electron chi connectivity index (χ2n) is 4.54. The molecule has 0 spiro atoms. The van der Waals surface area contributed by atoms with Crippen molar-refractivity contribution in [3.63, 3.8) is 0 Å². The quantitative estimate of drug-likeness (QED) is 0.785. The van der Waals surface area contributed by atoms with E-state index in [1.54, 1.807) is 0 Å². The summed E-state index contributed by atoms with van der Waals surface area (Å²) in [6.45, 7) is 0. The van der Waals surface area contributed by atoms with Gasteiger partial charge in [-0.25, -0.2) is 0 Å². The summed E-state index contributed by atoms with van der Waals surface area (Å²) in [7, 11) is 0. The third-order valence-corrected chi connectivity index (χ3v) is 3.60. The second-order valence-corrected chi connectivity index (χ2v) is 4.54. The van der Waals surface area contributed by atoms with Crippen LogP contribution in [0.5, 0.6) is 0 Å². The first-order valence-corrected chi connectivity index (χ1v) is 5.58. The summed E-state index contributed by atoms with van der Waals surface area (Å²) >= 11 is 0. The molecule has 1 saturated carbocycles. The minimum Gasteiger partial charge on any atom is -0.480 e. The average Bonchev–Trinajstić information content (AvgIpc) is 2.76. The van der Waals surface area contributed by atoms with Crippen LogP contribution in [0.1, 0.15) is 30.7 Å². The van der Waals surface area contributed by atoms with Gasteiger partial charge in [0.1, 0.15) is 0 Å². The highest BCUT2D eigenvalue weighted by molar-refractivity contribution is 5.98. The van der Waals surface area contributed by atoms with Crippen molar-refractivity contribution < 1.29 is 19.8 Å². The number of rotatable bonds is 3. The van der Waals surface area contributed by atoms with Crippen LogP contribution in [0.25, 0.3) is 0 Å². The Morgan fingerprint density at radius 1 is 1.12 bits per heavy atom. The summed E-state index contributed by atoms with van der Waals surface area (Å²) in [4.78, 5) is 22.3. The largest absolute Gasteiger partial charge is 0.480 e. The lowest BCUT2D eigenvalue weighted by Crippen LogP contribution is -2.36. The molecule has 1 aliphatic carbocycles. The summed E-state index contributed by atoms with van der Waals surface area (Å²) in [5, 5.41) is 18.2. The molecule has 0 amide bonds. The molecule has 2 N–H and O–H groups in total. The van der Waals surface area contributed by atoms with E-state index in [0.29, 0.717) is 6.42 Å². The molecule has 0 saturated heterocycles. The van der Waals surface area contributed by atoms with Crippen molar-refractivity contribution in [3.8, 4) is 0 Å². The van der Waals surface area contributed by atoms with Crippen molar-refractivity contribution in [2.75, 3.05) is 0 Å². The Bertz CT molecular complexity index is 424. The van der Waals surface area contributed by atoms with Gasteiger partial charge in [-0.1, -0.05) is 30.3 Å². The van der Waals surface area contributed by atoms with Gasteiger partial charge in [-0.2, -0.15) is 0 Å². The molecule has 0 heterocycles. The number of carboxylic acids is 2. The molecule has 90 valence electrons. The smallest absolute Gasteiger partial charge is 0.321 e. The third kappa shape index (κ3) is 1.90. The van der Waals surface area contributed by atoms with Gasteiger partial charge in [0.25, 0.3) is 0 Å². The molecule has 1 atom stereocenters. The van der Waals surface area contributed by atoms with E-state index in [-0.39, 0.29) is 18.8 Å². The summed E-state index contributed by atoms with van der Waals surface area (Å²) in [5.41, 5.74) is -0.572. The van der Waals surface area contributed by atoms with Crippen molar-refractivity contribution in [1.82, 2.24) is 0 Å². The lowest BCUT2D eigenvalue weighted by Gasteiger charge is -2.18. The van der Waals surface area contributed by atoms with Gasteiger partial charge in [-0.05, 0) is 30.7 Å². The van der Waals surface area contributed by atoms with Crippen molar-refractivity contribution in [1.29, 1.82) is 0 Å². The fourth-order valence-corrected chi connectivity index (χ4v) is 2.54. The van der Waals surface area contributed by atoms with Gasteiger partial charge in [0.05, 0.1) is 0 Å². The Morgan fingerprint density at radius 2 is 1.71 bits per heavy atom. The second kappa shape index (κ2) is 4.20. The van der Waals surface area contributed by atoms with Gasteiger partial charge in [0.15, 0.2) is 5.41 Å². The van der Waals surface area contributed by atoms with E-state index in [9.17, 15) is 9.59 Å². The van der Waals surface area contributed by atoms with Gasteiger partial charge in [0, 0.05) is 0 Å². The summed E-state index contributed by atoms with van der Waals surface area (Å²) < 4.78 is 0. The summed E-state index contributed by atoms with van der Waals surface area (Å²) in [5.74, 6) is -2.41. The Hall–Kier alpha value is -1.84. The van der Waals surface area contributed by atoms with Crippen LogP contribution >= 0.6 is 0 Å². The first-order valence-electron chi connectivity index (χ1n) is 5.58. The molecule has 0 unspecified atom stereocenters. The highest BCUT2D eigenvalue weighted by Gasteiger charge is 2.52. The molecular formula is C13H14O4. The van der Waals surface area contributed by atoms with Gasteiger partial charge >= 0.3 is 11.9 Å². The predicted octanol–water partition coefficient (Wildman–Crippen LogP) is 2.11. The zero-order chi connectivity index (χ0) is 12.5. The maximum atomic E-state index is 11.2. The number of carboxylic acid groups (broad SMARTS) is 2. The number of hydrogen-bond donors (Lipinski definition) is 2. The van der Waals surface area contributed by atoms with E-state index >= 15 is 0 Å². The van der Waals surface area contributed by atoms with Crippen molar-refractivity contribution in [3.05, 3.63) is 35.9 Å². The van der Waals surface area contributed by atoms with Gasteiger partial charge in [0.2, 0.25) is 0 Å². The monoisotopic (exact) mass is 234 g/mol.